The second-order valence-electron chi connectivity index (χ2n) is 2.48. The number of hydrogen-bond acceptors (Lipinski definition) is 2. The summed E-state index contributed by atoms with van der Waals surface area (Å²) in [5.74, 6) is -0.0490. The van der Waals surface area contributed by atoms with E-state index in [9.17, 15) is 9.00 Å². The Morgan fingerprint density at radius 3 is 2.60 bits per heavy atom. The van der Waals surface area contributed by atoms with E-state index in [1.807, 2.05) is 0 Å². The number of rotatable bonds is 1. The van der Waals surface area contributed by atoms with Crippen LogP contribution >= 0.6 is 0 Å². The first-order valence-electron chi connectivity index (χ1n) is 3.34. The Morgan fingerprint density at radius 1 is 1.50 bits per heavy atom. The van der Waals surface area contributed by atoms with Gasteiger partial charge in [-0.05, 0) is 12.8 Å². The summed E-state index contributed by atoms with van der Waals surface area (Å²) >= 11 is -1.93. The summed E-state index contributed by atoms with van der Waals surface area (Å²) in [7, 11) is 0. The zero-order chi connectivity index (χ0) is 7.56. The second-order valence-corrected chi connectivity index (χ2v) is 3.60. The number of hydrogen-bond donors (Lipinski definition) is 1. The summed E-state index contributed by atoms with van der Waals surface area (Å²) in [5, 5.41) is -0.589. The predicted octanol–water partition coefficient (Wildman–Crippen LogP) is 0.720. The number of carbonyl (C=O) groups is 1. The van der Waals surface area contributed by atoms with Crippen LogP contribution in [-0.2, 0) is 15.9 Å². The van der Waals surface area contributed by atoms with Crippen LogP contribution in [0.4, 0.5) is 0 Å². The van der Waals surface area contributed by atoms with Gasteiger partial charge in [-0.1, -0.05) is 6.42 Å². The minimum atomic E-state index is -1.93. The molecule has 1 aliphatic carbocycles. The van der Waals surface area contributed by atoms with Gasteiger partial charge in [-0.2, -0.15) is 0 Å². The Balaban J connectivity index is 2.56. The molecular formula is C6H10O3S. The molecule has 0 aromatic rings. The Labute approximate surface area is 62.1 Å². The molecule has 58 valence electrons. The monoisotopic (exact) mass is 162 g/mol. The van der Waals surface area contributed by atoms with Crippen molar-refractivity contribution in [3.63, 3.8) is 0 Å². The van der Waals surface area contributed by atoms with Crippen molar-refractivity contribution in [3.8, 4) is 0 Å². The molecule has 3 nitrogen and oxygen atoms in total. The maximum absolute atomic E-state index is 10.9. The van der Waals surface area contributed by atoms with Crippen LogP contribution in [0.15, 0.2) is 0 Å². The van der Waals surface area contributed by atoms with Gasteiger partial charge >= 0.3 is 0 Å². The summed E-state index contributed by atoms with van der Waals surface area (Å²) in [6, 6.07) is 0. The first kappa shape index (κ1) is 7.88. The van der Waals surface area contributed by atoms with E-state index >= 15 is 0 Å². The normalized spacial score (nSPS) is 30.1. The molecule has 0 spiro atoms. The average molecular weight is 162 g/mol. The Morgan fingerprint density at radius 2 is 2.20 bits per heavy atom. The zero-order valence-corrected chi connectivity index (χ0v) is 6.39. The molecule has 1 rings (SSSR count). The summed E-state index contributed by atoms with van der Waals surface area (Å²) < 4.78 is 19.1. The predicted molar refractivity (Wildman–Crippen MR) is 38.0 cm³/mol. The largest absolute Gasteiger partial charge is 0.306 e. The van der Waals surface area contributed by atoms with Crippen molar-refractivity contribution in [1.82, 2.24) is 0 Å². The van der Waals surface area contributed by atoms with Gasteiger partial charge in [-0.3, -0.25) is 4.79 Å². The van der Waals surface area contributed by atoms with Crippen LogP contribution in [0.5, 0.6) is 0 Å². The highest BCUT2D eigenvalue weighted by molar-refractivity contribution is 7.80. The highest BCUT2D eigenvalue weighted by Gasteiger charge is 2.26. The van der Waals surface area contributed by atoms with Crippen LogP contribution < -0.4 is 0 Å². The van der Waals surface area contributed by atoms with E-state index in [2.05, 4.69) is 0 Å². The van der Waals surface area contributed by atoms with Gasteiger partial charge in [0.1, 0.15) is 5.25 Å². The van der Waals surface area contributed by atoms with Gasteiger partial charge in [0.05, 0.1) is 0 Å². The molecule has 2 unspecified atom stereocenters. The summed E-state index contributed by atoms with van der Waals surface area (Å²) in [5.41, 5.74) is 0. The third-order valence-electron chi connectivity index (χ3n) is 1.74. The summed E-state index contributed by atoms with van der Waals surface area (Å²) in [6.07, 6.45) is 2.86. The van der Waals surface area contributed by atoms with Gasteiger partial charge in [0.15, 0.2) is 16.9 Å². The molecule has 1 N–H and O–H groups in total. The number of ketones is 1. The molecule has 2 atom stereocenters. The molecule has 0 aromatic carbocycles. The van der Waals surface area contributed by atoms with Crippen molar-refractivity contribution in [3.05, 3.63) is 0 Å². The number of carbonyl (C=O) groups excluding carboxylic acids is 1. The standard InChI is InChI=1S/C6H10O3S/c7-5-3-1-2-4-6(5)10(8)9/h6H,1-4H2,(H,8,9). The summed E-state index contributed by atoms with van der Waals surface area (Å²) in [4.78, 5) is 10.9. The number of Topliss-reactive ketones (excluding diaryl/α,β-unsaturated/α-hetero) is 1. The van der Waals surface area contributed by atoms with E-state index in [0.717, 1.165) is 12.8 Å². The van der Waals surface area contributed by atoms with Crippen LogP contribution in [-0.4, -0.2) is 19.8 Å². The van der Waals surface area contributed by atoms with E-state index < -0.39 is 16.3 Å². The van der Waals surface area contributed by atoms with E-state index in [0.29, 0.717) is 12.8 Å². The molecule has 0 bridgehead atoms. The molecule has 4 heteroatoms. The third-order valence-corrected chi connectivity index (χ3v) is 2.73. The van der Waals surface area contributed by atoms with Gasteiger partial charge in [0.25, 0.3) is 0 Å². The van der Waals surface area contributed by atoms with Crippen molar-refractivity contribution in [2.24, 2.45) is 0 Å². The third kappa shape index (κ3) is 1.64. The average Bonchev–Trinajstić information content (AvgIpc) is 1.88. The van der Waals surface area contributed by atoms with Gasteiger partial charge in [-0.15, -0.1) is 0 Å². The lowest BCUT2D eigenvalue weighted by atomic mass is 9.99. The maximum Gasteiger partial charge on any atom is 0.163 e. The van der Waals surface area contributed by atoms with Gasteiger partial charge in [0.2, 0.25) is 0 Å². The van der Waals surface area contributed by atoms with Gasteiger partial charge in [-0.25, -0.2) is 4.21 Å². The van der Waals surface area contributed by atoms with Crippen LogP contribution in [0, 0.1) is 0 Å². The van der Waals surface area contributed by atoms with Gasteiger partial charge in [0, 0.05) is 6.42 Å². The Kier molecular flexibility index (Phi) is 2.56. The topological polar surface area (TPSA) is 54.4 Å². The molecule has 0 aromatic heterocycles. The molecule has 0 radical (unpaired) electrons. The molecule has 1 saturated carbocycles. The zero-order valence-electron chi connectivity index (χ0n) is 5.58. The first-order chi connectivity index (χ1) is 4.72. The van der Waals surface area contributed by atoms with E-state index in [-0.39, 0.29) is 5.78 Å². The molecular weight excluding hydrogens is 152 g/mol. The van der Waals surface area contributed by atoms with Crippen molar-refractivity contribution < 1.29 is 13.6 Å². The van der Waals surface area contributed by atoms with Crippen molar-refractivity contribution in [2.45, 2.75) is 30.9 Å². The fourth-order valence-electron chi connectivity index (χ4n) is 1.16. The molecule has 10 heavy (non-hydrogen) atoms. The lowest BCUT2D eigenvalue weighted by Gasteiger charge is -2.15. The molecule has 0 saturated heterocycles. The minimum absolute atomic E-state index is 0.0490. The van der Waals surface area contributed by atoms with Crippen molar-refractivity contribution >= 4 is 16.9 Å². The van der Waals surface area contributed by atoms with Crippen LogP contribution in [0.1, 0.15) is 25.7 Å². The highest BCUT2D eigenvalue weighted by atomic mass is 32.2. The smallest absolute Gasteiger partial charge is 0.163 e. The van der Waals surface area contributed by atoms with Gasteiger partial charge < -0.3 is 4.55 Å². The summed E-state index contributed by atoms with van der Waals surface area (Å²) in [6.45, 7) is 0. The van der Waals surface area contributed by atoms with Crippen LogP contribution in [0.3, 0.4) is 0 Å². The van der Waals surface area contributed by atoms with E-state index in [4.69, 9.17) is 4.55 Å². The minimum Gasteiger partial charge on any atom is -0.306 e. The van der Waals surface area contributed by atoms with Crippen LogP contribution in [0.25, 0.3) is 0 Å². The van der Waals surface area contributed by atoms with Crippen molar-refractivity contribution in [1.29, 1.82) is 0 Å². The maximum atomic E-state index is 10.9. The Bertz CT molecular complexity index is 166. The lowest BCUT2D eigenvalue weighted by Crippen LogP contribution is -2.28. The molecule has 1 aliphatic rings. The van der Waals surface area contributed by atoms with Crippen LogP contribution in [0.2, 0.25) is 0 Å². The second kappa shape index (κ2) is 3.25. The molecule has 0 aliphatic heterocycles. The molecule has 0 heterocycles. The van der Waals surface area contributed by atoms with E-state index in [1.54, 1.807) is 0 Å². The fourth-order valence-corrected chi connectivity index (χ4v) is 1.88. The highest BCUT2D eigenvalue weighted by Crippen LogP contribution is 2.17. The molecule has 1 fully saturated rings. The van der Waals surface area contributed by atoms with Crippen molar-refractivity contribution in [2.75, 3.05) is 0 Å². The quantitative estimate of drug-likeness (QED) is 0.578. The first-order valence-corrected chi connectivity index (χ1v) is 4.51. The molecule has 0 amide bonds. The fraction of sp³-hybridized carbons (Fsp3) is 0.833. The van der Waals surface area contributed by atoms with E-state index in [1.165, 1.54) is 0 Å². The SMILES string of the molecule is O=C1CCCCC1S(=O)O. The lowest BCUT2D eigenvalue weighted by molar-refractivity contribution is -0.119. The Hall–Kier alpha value is -0.220.